The van der Waals surface area contributed by atoms with Crippen molar-refractivity contribution in [3.63, 3.8) is 0 Å². The van der Waals surface area contributed by atoms with Gasteiger partial charge in [-0.2, -0.15) is 0 Å². The number of amides is 2. The van der Waals surface area contributed by atoms with Crippen molar-refractivity contribution in [2.75, 3.05) is 16.3 Å². The van der Waals surface area contributed by atoms with Crippen LogP contribution in [0.1, 0.15) is 12.5 Å². The molecule has 4 rings (SSSR count). The third-order valence-electron chi connectivity index (χ3n) is 4.81. The number of anilines is 2. The van der Waals surface area contributed by atoms with Gasteiger partial charge in [0.25, 0.3) is 0 Å². The fourth-order valence-electron chi connectivity index (χ4n) is 3.37. The molecule has 9 heteroatoms. The Morgan fingerprint density at radius 1 is 1.13 bits per heavy atom. The second-order valence-electron chi connectivity index (χ2n) is 6.56. The quantitative estimate of drug-likeness (QED) is 0.445. The molecule has 3 aromatic rings. The summed E-state index contributed by atoms with van der Waals surface area (Å²) >= 11 is 6.19. The summed E-state index contributed by atoms with van der Waals surface area (Å²) in [7, 11) is 0.613. The van der Waals surface area contributed by atoms with Gasteiger partial charge in [-0.1, -0.05) is 34.4 Å². The fraction of sp³-hybridized carbons (Fsp3) is 0.136. The van der Waals surface area contributed by atoms with E-state index >= 15 is 0 Å². The maximum absolute atomic E-state index is 15.0. The number of carbonyl (C=O) groups is 1. The van der Waals surface area contributed by atoms with Gasteiger partial charge in [0.05, 0.1) is 31.2 Å². The fourth-order valence-corrected chi connectivity index (χ4v) is 5.48. The summed E-state index contributed by atoms with van der Waals surface area (Å²) in [6, 6.07) is 11.7. The Hall–Kier alpha value is -2.97. The Balaban J connectivity index is 1.89. The molecule has 0 saturated carbocycles. The maximum atomic E-state index is 15.0. The standard InChI is InChI=1S/C22H18ClF2N3O2S/c1-3-31-19-9-5-8-18(25)21(19)27(13-15-16(23)6-4-7-17(15)24)22(29)28(31)14-10-11-20(30-2)26-12-14/h3-12H,13H2,1-2H3. The van der Waals surface area contributed by atoms with Gasteiger partial charge in [0, 0.05) is 21.5 Å². The molecular formula is C22H18ClF2N3O2S. The van der Waals surface area contributed by atoms with Crippen LogP contribution in [0.5, 0.6) is 5.88 Å². The minimum Gasteiger partial charge on any atom is -0.481 e. The van der Waals surface area contributed by atoms with Gasteiger partial charge in [-0.25, -0.2) is 22.9 Å². The van der Waals surface area contributed by atoms with E-state index in [0.29, 0.717) is 16.5 Å². The lowest BCUT2D eigenvalue weighted by atomic mass is 10.1. The summed E-state index contributed by atoms with van der Waals surface area (Å²) in [5.41, 5.74) is 0.736. The molecule has 0 aliphatic carbocycles. The number of urea groups is 1. The van der Waals surface area contributed by atoms with E-state index in [1.807, 2.05) is 5.37 Å². The highest BCUT2D eigenvalue weighted by molar-refractivity contribution is 8.17. The monoisotopic (exact) mass is 461 g/mol. The molecule has 2 amide bonds. The number of hydrogen-bond acceptors (Lipinski definition) is 3. The van der Waals surface area contributed by atoms with E-state index < -0.39 is 28.3 Å². The lowest BCUT2D eigenvalue weighted by molar-refractivity contribution is 0.253. The molecule has 1 aliphatic rings. The predicted molar refractivity (Wildman–Crippen MR) is 120 cm³/mol. The second kappa shape index (κ2) is 8.64. The van der Waals surface area contributed by atoms with Gasteiger partial charge in [-0.3, -0.25) is 4.90 Å². The van der Waals surface area contributed by atoms with Crippen LogP contribution >= 0.6 is 22.3 Å². The highest BCUT2D eigenvalue weighted by Gasteiger charge is 2.37. The number of carbonyl (C=O) groups excluding carboxylic acids is 1. The molecule has 5 nitrogen and oxygen atoms in total. The molecule has 1 aromatic heterocycles. The van der Waals surface area contributed by atoms with Crippen LogP contribution in [0.2, 0.25) is 5.02 Å². The van der Waals surface area contributed by atoms with Gasteiger partial charge < -0.3 is 4.74 Å². The molecule has 0 spiro atoms. The Morgan fingerprint density at radius 2 is 1.87 bits per heavy atom. The van der Waals surface area contributed by atoms with Crippen LogP contribution in [0.3, 0.4) is 0 Å². The number of benzene rings is 2. The van der Waals surface area contributed by atoms with Gasteiger partial charge >= 0.3 is 6.03 Å². The molecule has 0 radical (unpaired) electrons. The maximum Gasteiger partial charge on any atom is 0.339 e. The predicted octanol–water partition coefficient (Wildman–Crippen LogP) is 6.03. The average molecular weight is 462 g/mol. The van der Waals surface area contributed by atoms with E-state index in [0.717, 1.165) is 0 Å². The Morgan fingerprint density at radius 3 is 2.52 bits per heavy atom. The largest absolute Gasteiger partial charge is 0.481 e. The van der Waals surface area contributed by atoms with Gasteiger partial charge in [-0.05, 0) is 42.6 Å². The zero-order valence-corrected chi connectivity index (χ0v) is 18.3. The van der Waals surface area contributed by atoms with Crippen molar-refractivity contribution >= 4 is 45.0 Å². The molecule has 0 saturated heterocycles. The third-order valence-corrected chi connectivity index (χ3v) is 7.15. The van der Waals surface area contributed by atoms with Crippen LogP contribution in [0.25, 0.3) is 0 Å². The number of halogens is 3. The Labute approximate surface area is 185 Å². The van der Waals surface area contributed by atoms with Gasteiger partial charge in [0.1, 0.15) is 11.6 Å². The summed E-state index contributed by atoms with van der Waals surface area (Å²) in [6.45, 7) is 1.58. The van der Waals surface area contributed by atoms with E-state index in [4.69, 9.17) is 16.3 Å². The van der Waals surface area contributed by atoms with Crippen molar-refractivity contribution in [1.29, 1.82) is 0 Å². The van der Waals surface area contributed by atoms with Crippen molar-refractivity contribution < 1.29 is 18.3 Å². The zero-order valence-electron chi connectivity index (χ0n) is 16.7. The molecule has 0 fully saturated rings. The summed E-state index contributed by atoms with van der Waals surface area (Å²) in [5.74, 6) is -0.734. The molecule has 160 valence electrons. The first-order chi connectivity index (χ1) is 15.0. The van der Waals surface area contributed by atoms with Crippen LogP contribution < -0.4 is 13.9 Å². The number of rotatable bonds is 4. The molecule has 0 N–H and O–H groups in total. The van der Waals surface area contributed by atoms with E-state index in [1.54, 1.807) is 31.2 Å². The Bertz CT molecular complexity index is 1170. The normalized spacial score (nSPS) is 15.9. The molecule has 1 aliphatic heterocycles. The first kappa shape index (κ1) is 21.3. The van der Waals surface area contributed by atoms with E-state index in [9.17, 15) is 13.6 Å². The molecule has 0 bridgehead atoms. The van der Waals surface area contributed by atoms with Crippen molar-refractivity contribution in [1.82, 2.24) is 4.98 Å². The minimum atomic E-state index is -0.884. The van der Waals surface area contributed by atoms with Gasteiger partial charge in [-0.15, -0.1) is 0 Å². The third kappa shape index (κ3) is 3.77. The van der Waals surface area contributed by atoms with E-state index in [-0.39, 0.29) is 22.8 Å². The smallest absolute Gasteiger partial charge is 0.339 e. The topological polar surface area (TPSA) is 45.7 Å². The molecule has 2 aromatic carbocycles. The van der Waals surface area contributed by atoms with Crippen molar-refractivity contribution in [2.24, 2.45) is 0 Å². The number of fused-ring (bicyclic) bond motifs is 1. The number of nitrogens with zero attached hydrogens (tertiary/aromatic N) is 3. The Kier molecular flexibility index (Phi) is 5.93. The second-order valence-corrected chi connectivity index (χ2v) is 8.87. The number of hydrogen-bond donors (Lipinski definition) is 0. The van der Waals surface area contributed by atoms with Gasteiger partial charge in [0.15, 0.2) is 0 Å². The van der Waals surface area contributed by atoms with Crippen LogP contribution in [-0.4, -0.2) is 23.5 Å². The molecule has 31 heavy (non-hydrogen) atoms. The van der Waals surface area contributed by atoms with Crippen molar-refractivity contribution in [3.05, 3.63) is 76.9 Å². The zero-order chi connectivity index (χ0) is 22.1. The van der Waals surface area contributed by atoms with Crippen molar-refractivity contribution in [3.8, 4) is 5.88 Å². The first-order valence-corrected chi connectivity index (χ1v) is 10.9. The van der Waals surface area contributed by atoms with Gasteiger partial charge in [0.2, 0.25) is 5.88 Å². The van der Waals surface area contributed by atoms with Crippen molar-refractivity contribution in [2.45, 2.75) is 18.4 Å². The summed E-state index contributed by atoms with van der Waals surface area (Å²) in [4.78, 5) is 19.6. The van der Waals surface area contributed by atoms with Crippen LogP contribution in [0.4, 0.5) is 25.0 Å². The lowest BCUT2D eigenvalue weighted by Crippen LogP contribution is -2.44. The highest BCUT2D eigenvalue weighted by atomic mass is 35.5. The molecule has 2 heterocycles. The molecule has 1 unspecified atom stereocenters. The van der Waals surface area contributed by atoms with Crippen LogP contribution in [-0.2, 0) is 6.54 Å². The highest BCUT2D eigenvalue weighted by Crippen LogP contribution is 2.47. The molecular weight excluding hydrogens is 444 g/mol. The minimum absolute atomic E-state index is 0.113. The number of pyridine rings is 1. The van der Waals surface area contributed by atoms with Crippen LogP contribution in [0, 0.1) is 11.6 Å². The van der Waals surface area contributed by atoms with E-state index in [2.05, 4.69) is 4.98 Å². The number of methoxy groups -OCH3 is 1. The SMILES string of the molecule is C/C=S1\c2cccc(F)c2N(Cc2c(F)cccc2Cl)C(=O)N1c1ccc(OC)nc1. The lowest BCUT2D eigenvalue weighted by Gasteiger charge is -2.39. The summed E-state index contributed by atoms with van der Waals surface area (Å²) in [6.07, 6.45) is 1.51. The van der Waals surface area contributed by atoms with Crippen LogP contribution in [0.15, 0.2) is 59.6 Å². The number of para-hydroxylation sites is 1. The first-order valence-electron chi connectivity index (χ1n) is 9.32. The molecule has 1 atom stereocenters. The number of aromatic nitrogens is 1. The number of ether oxygens (including phenoxy) is 1. The van der Waals surface area contributed by atoms with E-state index in [1.165, 1.54) is 46.8 Å². The average Bonchev–Trinajstić information content (AvgIpc) is 2.77. The summed E-state index contributed by atoms with van der Waals surface area (Å²) in [5, 5.41) is 1.99. The summed E-state index contributed by atoms with van der Waals surface area (Å²) < 4.78 is 36.1.